The molecule has 2 aromatic rings. The smallest absolute Gasteiger partial charge is 0.276 e. The summed E-state index contributed by atoms with van der Waals surface area (Å²) >= 11 is 1.69. The van der Waals surface area contributed by atoms with Gasteiger partial charge in [0.2, 0.25) is 10.0 Å². The van der Waals surface area contributed by atoms with Crippen molar-refractivity contribution < 1.29 is 8.42 Å². The van der Waals surface area contributed by atoms with E-state index in [0.717, 1.165) is 29.9 Å². The molecule has 2 N–H and O–H groups in total. The number of nitrogens with one attached hydrogen (secondary N) is 2. The third-order valence-electron chi connectivity index (χ3n) is 3.72. The first-order chi connectivity index (χ1) is 10.5. The Hall–Kier alpha value is -1.58. The van der Waals surface area contributed by atoms with Crippen LogP contribution in [0.1, 0.15) is 24.1 Å². The molecule has 0 amide bonds. The second-order valence-electron chi connectivity index (χ2n) is 5.45. The maximum atomic E-state index is 12.2. The maximum absolute atomic E-state index is 12.2. The molecule has 7 nitrogen and oxygen atoms in total. The molecule has 2 aliphatic rings. The monoisotopic (exact) mass is 338 g/mol. The fourth-order valence-corrected chi connectivity index (χ4v) is 4.65. The Balaban J connectivity index is 1.66. The van der Waals surface area contributed by atoms with Gasteiger partial charge in [-0.2, -0.15) is 11.8 Å². The molecule has 1 aliphatic heterocycles. The molecule has 0 atom stereocenters. The van der Waals surface area contributed by atoms with Gasteiger partial charge in [-0.1, -0.05) is 0 Å². The number of aromatic amines is 1. The van der Waals surface area contributed by atoms with Crippen molar-refractivity contribution in [1.82, 2.24) is 19.5 Å². The summed E-state index contributed by atoms with van der Waals surface area (Å²) < 4.78 is 28.1. The van der Waals surface area contributed by atoms with Crippen LogP contribution in [-0.2, 0) is 21.5 Å². The zero-order valence-electron chi connectivity index (χ0n) is 11.6. The molecule has 0 unspecified atom stereocenters. The van der Waals surface area contributed by atoms with Gasteiger partial charge in [-0.05, 0) is 25.0 Å². The van der Waals surface area contributed by atoms with E-state index in [1.54, 1.807) is 17.8 Å². The zero-order chi connectivity index (χ0) is 15.3. The van der Waals surface area contributed by atoms with Gasteiger partial charge >= 0.3 is 0 Å². The minimum absolute atomic E-state index is 0.0520. The summed E-state index contributed by atoms with van der Waals surface area (Å²) in [6, 6.07) is 3.07. The molecular weight excluding hydrogens is 324 g/mol. The number of pyridine rings is 1. The lowest BCUT2D eigenvalue weighted by molar-refractivity contribution is 0.580. The molecule has 0 spiro atoms. The van der Waals surface area contributed by atoms with Gasteiger partial charge in [0.25, 0.3) is 5.56 Å². The lowest BCUT2D eigenvalue weighted by atomic mass is 10.3. The molecule has 1 saturated carbocycles. The zero-order valence-corrected chi connectivity index (χ0v) is 13.2. The Morgan fingerprint density at radius 2 is 2.14 bits per heavy atom. The molecule has 22 heavy (non-hydrogen) atoms. The van der Waals surface area contributed by atoms with E-state index in [-0.39, 0.29) is 16.5 Å². The molecule has 0 aromatic carbocycles. The fourth-order valence-electron chi connectivity index (χ4n) is 2.35. The molecular formula is C13H14N4O3S2. The highest BCUT2D eigenvalue weighted by molar-refractivity contribution is 7.98. The van der Waals surface area contributed by atoms with E-state index in [4.69, 9.17) is 0 Å². The van der Waals surface area contributed by atoms with E-state index < -0.39 is 10.0 Å². The van der Waals surface area contributed by atoms with E-state index in [2.05, 4.69) is 14.8 Å². The normalized spacial score (nSPS) is 17.6. The summed E-state index contributed by atoms with van der Waals surface area (Å²) in [6.45, 7) is 0. The van der Waals surface area contributed by atoms with Gasteiger partial charge in [0.1, 0.15) is 4.90 Å². The minimum Gasteiger partial charge on any atom is -0.292 e. The van der Waals surface area contributed by atoms with E-state index in [1.165, 1.54) is 16.9 Å². The van der Waals surface area contributed by atoms with Crippen molar-refractivity contribution in [3.05, 3.63) is 39.9 Å². The number of hydrogen-bond acceptors (Lipinski definition) is 5. The van der Waals surface area contributed by atoms with Gasteiger partial charge in [0.15, 0.2) is 5.82 Å². The Morgan fingerprint density at radius 1 is 1.32 bits per heavy atom. The highest BCUT2D eigenvalue weighted by atomic mass is 32.2. The molecule has 2 aromatic heterocycles. The van der Waals surface area contributed by atoms with Crippen molar-refractivity contribution in [2.75, 3.05) is 0 Å². The van der Waals surface area contributed by atoms with Gasteiger partial charge in [-0.3, -0.25) is 9.89 Å². The van der Waals surface area contributed by atoms with Crippen molar-refractivity contribution in [2.45, 2.75) is 35.3 Å². The van der Waals surface area contributed by atoms with Crippen LogP contribution in [0.2, 0.25) is 0 Å². The van der Waals surface area contributed by atoms with E-state index >= 15 is 0 Å². The standard InChI is InChI=1S/C13H14N4O3S2/c18-13-10-6-21-7-11(10)15-17(13)12-4-3-9(5-14-12)22(19,20)16-8-1-2-8/h3-5,8,15-16H,1-2,6-7H2. The lowest BCUT2D eigenvalue weighted by Crippen LogP contribution is -2.26. The number of H-pyrrole nitrogens is 1. The van der Waals surface area contributed by atoms with Gasteiger partial charge in [-0.25, -0.2) is 22.8 Å². The van der Waals surface area contributed by atoms with Crippen molar-refractivity contribution in [1.29, 1.82) is 0 Å². The fraction of sp³-hybridized carbons (Fsp3) is 0.385. The van der Waals surface area contributed by atoms with Crippen LogP contribution < -0.4 is 10.3 Å². The van der Waals surface area contributed by atoms with Gasteiger partial charge in [-0.15, -0.1) is 0 Å². The number of hydrogen-bond donors (Lipinski definition) is 2. The van der Waals surface area contributed by atoms with Gasteiger partial charge < -0.3 is 0 Å². The molecule has 1 fully saturated rings. The van der Waals surface area contributed by atoms with Crippen LogP contribution in [0.5, 0.6) is 0 Å². The topological polar surface area (TPSA) is 96.9 Å². The second kappa shape index (κ2) is 4.97. The molecule has 0 bridgehead atoms. The third kappa shape index (κ3) is 2.38. The Bertz CT molecular complexity index is 879. The third-order valence-corrected chi connectivity index (χ3v) is 6.22. The van der Waals surface area contributed by atoms with Crippen molar-refractivity contribution in [3.63, 3.8) is 0 Å². The Morgan fingerprint density at radius 3 is 2.77 bits per heavy atom. The molecule has 9 heteroatoms. The predicted molar refractivity (Wildman–Crippen MR) is 82.5 cm³/mol. The lowest BCUT2D eigenvalue weighted by Gasteiger charge is -2.06. The summed E-state index contributed by atoms with van der Waals surface area (Å²) in [5.74, 6) is 1.89. The van der Waals surface area contributed by atoms with Crippen LogP contribution in [0, 0.1) is 0 Å². The summed E-state index contributed by atoms with van der Waals surface area (Å²) in [4.78, 5) is 16.5. The first-order valence-corrected chi connectivity index (χ1v) is 9.58. The average molecular weight is 338 g/mol. The van der Waals surface area contributed by atoms with Crippen molar-refractivity contribution in [2.24, 2.45) is 0 Å². The Kier molecular flexibility index (Phi) is 3.17. The number of sulfonamides is 1. The average Bonchev–Trinajstić information content (AvgIpc) is 3.08. The minimum atomic E-state index is -3.52. The van der Waals surface area contributed by atoms with Crippen LogP contribution in [0.4, 0.5) is 0 Å². The largest absolute Gasteiger partial charge is 0.292 e. The molecule has 1 aliphatic carbocycles. The number of rotatable bonds is 4. The van der Waals surface area contributed by atoms with E-state index in [1.807, 2.05) is 0 Å². The quantitative estimate of drug-likeness (QED) is 0.857. The molecule has 0 radical (unpaired) electrons. The summed E-state index contributed by atoms with van der Waals surface area (Å²) in [5, 5.41) is 3.03. The highest BCUT2D eigenvalue weighted by Gasteiger charge is 2.28. The van der Waals surface area contributed by atoms with E-state index in [9.17, 15) is 13.2 Å². The van der Waals surface area contributed by atoms with Crippen molar-refractivity contribution >= 4 is 21.8 Å². The van der Waals surface area contributed by atoms with Crippen LogP contribution in [0.3, 0.4) is 0 Å². The van der Waals surface area contributed by atoms with Gasteiger partial charge in [0, 0.05) is 23.7 Å². The molecule has 4 rings (SSSR count). The van der Waals surface area contributed by atoms with E-state index in [0.29, 0.717) is 11.6 Å². The summed E-state index contributed by atoms with van der Waals surface area (Å²) in [7, 11) is -3.52. The van der Waals surface area contributed by atoms with Crippen LogP contribution in [0.25, 0.3) is 5.82 Å². The van der Waals surface area contributed by atoms with Gasteiger partial charge in [0.05, 0.1) is 11.3 Å². The molecule has 116 valence electrons. The maximum Gasteiger partial charge on any atom is 0.276 e. The number of fused-ring (bicyclic) bond motifs is 1. The van der Waals surface area contributed by atoms with Crippen LogP contribution >= 0.6 is 11.8 Å². The number of aromatic nitrogens is 3. The van der Waals surface area contributed by atoms with Crippen LogP contribution in [0.15, 0.2) is 28.0 Å². The first-order valence-electron chi connectivity index (χ1n) is 6.94. The second-order valence-corrected chi connectivity index (χ2v) is 8.15. The van der Waals surface area contributed by atoms with Crippen LogP contribution in [-0.4, -0.2) is 29.2 Å². The Labute approximate surface area is 131 Å². The number of thioether (sulfide) groups is 1. The highest BCUT2D eigenvalue weighted by Crippen LogP contribution is 2.26. The molecule has 0 saturated heterocycles. The summed E-state index contributed by atoms with van der Waals surface area (Å²) in [6.07, 6.45) is 3.05. The molecule has 3 heterocycles. The summed E-state index contributed by atoms with van der Waals surface area (Å²) in [5.41, 5.74) is 1.59. The predicted octanol–water partition coefficient (Wildman–Crippen LogP) is 0.748. The SMILES string of the molecule is O=c1c2c([nH]n1-c1ccc(S(=O)(=O)NC3CC3)cn1)CSC2. The number of nitrogens with zero attached hydrogens (tertiary/aromatic N) is 2. The van der Waals surface area contributed by atoms with Crippen molar-refractivity contribution in [3.8, 4) is 5.82 Å². The first kappa shape index (κ1) is 14.0.